The summed E-state index contributed by atoms with van der Waals surface area (Å²) in [6.07, 6.45) is -1.23. The van der Waals surface area contributed by atoms with Crippen LogP contribution in [0.25, 0.3) is 0 Å². The van der Waals surface area contributed by atoms with E-state index in [2.05, 4.69) is 0 Å². The second-order valence-corrected chi connectivity index (χ2v) is 6.78. The van der Waals surface area contributed by atoms with E-state index in [-0.39, 0.29) is 18.7 Å². The lowest BCUT2D eigenvalue weighted by molar-refractivity contribution is -0.186. The number of fused-ring (bicyclic) bond motifs is 1. The zero-order valence-electron chi connectivity index (χ0n) is 13.3. The van der Waals surface area contributed by atoms with Gasteiger partial charge >= 0.3 is 6.18 Å². The molecule has 126 valence electrons. The van der Waals surface area contributed by atoms with E-state index in [1.165, 1.54) is 0 Å². The second-order valence-electron chi connectivity index (χ2n) is 6.78. The van der Waals surface area contributed by atoms with E-state index < -0.39 is 18.0 Å². The number of carbonyl (C=O) groups excluding carboxylic acids is 1. The quantitative estimate of drug-likeness (QED) is 0.736. The molecular weight excluding hydrogens is 303 g/mol. The number of anilines is 1. The van der Waals surface area contributed by atoms with Gasteiger partial charge in [0.1, 0.15) is 0 Å². The maximum Gasteiger partial charge on any atom is 0.391 e. The molecule has 1 heterocycles. The molecule has 5 heteroatoms. The van der Waals surface area contributed by atoms with Crippen LogP contribution in [0.1, 0.15) is 43.2 Å². The highest BCUT2D eigenvalue weighted by atomic mass is 19.4. The van der Waals surface area contributed by atoms with Crippen molar-refractivity contribution < 1.29 is 18.0 Å². The normalized spacial score (nSPS) is 25.1. The largest absolute Gasteiger partial charge is 0.391 e. The summed E-state index contributed by atoms with van der Waals surface area (Å²) in [5.41, 5.74) is 3.09. The molecule has 0 N–H and O–H groups in total. The number of hydrogen-bond acceptors (Lipinski definition) is 1. The van der Waals surface area contributed by atoms with Crippen LogP contribution in [0.5, 0.6) is 0 Å². The Balaban J connectivity index is 1.82. The van der Waals surface area contributed by atoms with Gasteiger partial charge in [-0.1, -0.05) is 24.6 Å². The highest BCUT2D eigenvalue weighted by Gasteiger charge is 2.44. The highest BCUT2D eigenvalue weighted by molar-refractivity contribution is 5.97. The minimum absolute atomic E-state index is 0.0555. The van der Waals surface area contributed by atoms with Crippen molar-refractivity contribution in [2.45, 2.75) is 51.6 Å². The molecule has 3 rings (SSSR count). The smallest absolute Gasteiger partial charge is 0.312 e. The molecule has 0 spiro atoms. The van der Waals surface area contributed by atoms with Crippen molar-refractivity contribution >= 4 is 11.6 Å². The van der Waals surface area contributed by atoms with Crippen LogP contribution in [0, 0.1) is 18.8 Å². The molecule has 2 nitrogen and oxygen atoms in total. The molecule has 2 unspecified atom stereocenters. The first-order valence-corrected chi connectivity index (χ1v) is 8.34. The van der Waals surface area contributed by atoms with Gasteiger partial charge in [-0.3, -0.25) is 4.79 Å². The summed E-state index contributed by atoms with van der Waals surface area (Å²) in [6, 6.07) is 5.95. The molecule has 23 heavy (non-hydrogen) atoms. The molecule has 1 aliphatic heterocycles. The van der Waals surface area contributed by atoms with Gasteiger partial charge in [0.15, 0.2) is 0 Å². The first-order valence-electron chi connectivity index (χ1n) is 8.34. The predicted molar refractivity (Wildman–Crippen MR) is 83.4 cm³/mol. The van der Waals surface area contributed by atoms with Crippen molar-refractivity contribution in [2.24, 2.45) is 11.8 Å². The van der Waals surface area contributed by atoms with Crippen LogP contribution in [-0.2, 0) is 11.2 Å². The van der Waals surface area contributed by atoms with E-state index in [9.17, 15) is 18.0 Å². The molecule has 1 saturated carbocycles. The fourth-order valence-corrected chi connectivity index (χ4v) is 4.00. The third kappa shape index (κ3) is 3.24. The molecule has 0 saturated heterocycles. The summed E-state index contributed by atoms with van der Waals surface area (Å²) in [7, 11) is 0. The van der Waals surface area contributed by atoms with Gasteiger partial charge in [0, 0.05) is 18.2 Å². The zero-order chi connectivity index (χ0) is 16.6. The van der Waals surface area contributed by atoms with Gasteiger partial charge in [-0.05, 0) is 50.2 Å². The summed E-state index contributed by atoms with van der Waals surface area (Å²) >= 11 is 0. The molecule has 2 atom stereocenters. The van der Waals surface area contributed by atoms with E-state index in [4.69, 9.17) is 0 Å². The Morgan fingerprint density at radius 2 is 2.00 bits per heavy atom. The number of amides is 1. The van der Waals surface area contributed by atoms with Gasteiger partial charge in [-0.15, -0.1) is 0 Å². The van der Waals surface area contributed by atoms with Crippen molar-refractivity contribution in [3.63, 3.8) is 0 Å². The maximum atomic E-state index is 13.0. The Labute approximate surface area is 134 Å². The standard InChI is InChI=1S/C18H22F3NO/c1-12-5-2-6-13-8-4-10-22(16(12)13)17(23)14-7-3-9-15(11-14)18(19,20)21/h2,5-6,14-15H,3-4,7-11H2,1H3. The van der Waals surface area contributed by atoms with E-state index in [0.29, 0.717) is 19.4 Å². The maximum absolute atomic E-state index is 13.0. The lowest BCUT2D eigenvalue weighted by Crippen LogP contribution is -2.43. The van der Waals surface area contributed by atoms with Crippen LogP contribution in [0.15, 0.2) is 18.2 Å². The summed E-state index contributed by atoms with van der Waals surface area (Å²) < 4.78 is 39.0. The van der Waals surface area contributed by atoms with Crippen LogP contribution in [0.2, 0.25) is 0 Å². The summed E-state index contributed by atoms with van der Waals surface area (Å²) in [5.74, 6) is -1.94. The average Bonchev–Trinajstić information content (AvgIpc) is 2.53. The molecule has 1 aromatic rings. The van der Waals surface area contributed by atoms with Gasteiger partial charge in [-0.25, -0.2) is 0 Å². The molecule has 0 aromatic heterocycles. The number of carbonyl (C=O) groups is 1. The zero-order valence-corrected chi connectivity index (χ0v) is 13.3. The average molecular weight is 325 g/mol. The van der Waals surface area contributed by atoms with E-state index >= 15 is 0 Å². The number of rotatable bonds is 1. The van der Waals surface area contributed by atoms with Crippen molar-refractivity contribution in [3.8, 4) is 0 Å². The van der Waals surface area contributed by atoms with Crippen LogP contribution >= 0.6 is 0 Å². The van der Waals surface area contributed by atoms with Crippen molar-refractivity contribution in [3.05, 3.63) is 29.3 Å². The third-order valence-corrected chi connectivity index (χ3v) is 5.17. The molecule has 0 bridgehead atoms. The lowest BCUT2D eigenvalue weighted by atomic mass is 9.80. The molecule has 1 aliphatic carbocycles. The van der Waals surface area contributed by atoms with Crippen LogP contribution in [0.4, 0.5) is 18.9 Å². The summed E-state index contributed by atoms with van der Waals surface area (Å²) in [6.45, 7) is 2.58. The van der Waals surface area contributed by atoms with Gasteiger partial charge in [0.25, 0.3) is 0 Å². The Kier molecular flexibility index (Phi) is 4.39. The SMILES string of the molecule is Cc1cccc2c1N(C(=O)C1CCCC(C(F)(F)F)C1)CCC2. The number of nitrogens with zero attached hydrogens (tertiary/aromatic N) is 1. The molecule has 1 fully saturated rings. The van der Waals surface area contributed by atoms with Gasteiger partial charge in [-0.2, -0.15) is 13.2 Å². The van der Waals surface area contributed by atoms with Gasteiger partial charge in [0.05, 0.1) is 5.92 Å². The lowest BCUT2D eigenvalue weighted by Gasteiger charge is -2.36. The second kappa shape index (κ2) is 6.17. The van der Waals surface area contributed by atoms with Crippen molar-refractivity contribution in [1.29, 1.82) is 0 Å². The predicted octanol–water partition coefficient (Wildman–Crippen LogP) is 4.64. The summed E-state index contributed by atoms with van der Waals surface area (Å²) in [4.78, 5) is 14.6. The van der Waals surface area contributed by atoms with Gasteiger partial charge < -0.3 is 4.90 Å². The number of halogens is 3. The van der Waals surface area contributed by atoms with Crippen LogP contribution in [-0.4, -0.2) is 18.6 Å². The van der Waals surface area contributed by atoms with Gasteiger partial charge in [0.2, 0.25) is 5.91 Å². The monoisotopic (exact) mass is 325 g/mol. The van der Waals surface area contributed by atoms with Crippen molar-refractivity contribution in [1.82, 2.24) is 0 Å². The van der Waals surface area contributed by atoms with E-state index in [1.807, 2.05) is 25.1 Å². The Morgan fingerprint density at radius 3 is 2.74 bits per heavy atom. The van der Waals surface area contributed by atoms with Crippen molar-refractivity contribution in [2.75, 3.05) is 11.4 Å². The molecule has 0 radical (unpaired) electrons. The number of para-hydroxylation sites is 1. The Hall–Kier alpha value is -1.52. The summed E-state index contributed by atoms with van der Waals surface area (Å²) in [5, 5.41) is 0. The third-order valence-electron chi connectivity index (χ3n) is 5.17. The van der Waals surface area contributed by atoms with E-state index in [1.54, 1.807) is 4.90 Å². The molecule has 1 aromatic carbocycles. The van der Waals surface area contributed by atoms with E-state index in [0.717, 1.165) is 29.7 Å². The Morgan fingerprint density at radius 1 is 1.22 bits per heavy atom. The molecule has 2 aliphatic rings. The number of aryl methyl sites for hydroxylation is 2. The highest BCUT2D eigenvalue weighted by Crippen LogP contribution is 2.41. The van der Waals surface area contributed by atoms with Crippen LogP contribution in [0.3, 0.4) is 0 Å². The topological polar surface area (TPSA) is 20.3 Å². The minimum Gasteiger partial charge on any atom is -0.312 e. The number of hydrogen-bond donors (Lipinski definition) is 0. The molecule has 1 amide bonds. The fraction of sp³-hybridized carbons (Fsp3) is 0.611. The first kappa shape index (κ1) is 16.3. The first-order chi connectivity index (χ1) is 10.9. The number of alkyl halides is 3. The molecular formula is C18H22F3NO. The fourth-order valence-electron chi connectivity index (χ4n) is 4.00. The number of benzene rings is 1. The van der Waals surface area contributed by atoms with Crippen LogP contribution < -0.4 is 4.90 Å². The Bertz CT molecular complexity index is 596. The minimum atomic E-state index is -4.19.